The molecule has 0 aromatic heterocycles. The van der Waals surface area contributed by atoms with Gasteiger partial charge < -0.3 is 15.2 Å². The van der Waals surface area contributed by atoms with Gasteiger partial charge in [0.2, 0.25) is 0 Å². The molecule has 1 aromatic carbocycles. The second-order valence-electron chi connectivity index (χ2n) is 4.35. The van der Waals surface area contributed by atoms with Gasteiger partial charge in [0.15, 0.2) is 6.61 Å². The van der Waals surface area contributed by atoms with Crippen LogP contribution >= 0.6 is 0 Å². The van der Waals surface area contributed by atoms with Gasteiger partial charge in [-0.2, -0.15) is 0 Å². The summed E-state index contributed by atoms with van der Waals surface area (Å²) >= 11 is 0. The van der Waals surface area contributed by atoms with Crippen molar-refractivity contribution in [2.75, 3.05) is 6.61 Å². The van der Waals surface area contributed by atoms with Crippen molar-refractivity contribution in [3.05, 3.63) is 29.8 Å². The zero-order valence-corrected chi connectivity index (χ0v) is 9.89. The first kappa shape index (κ1) is 12.4. The lowest BCUT2D eigenvalue weighted by Gasteiger charge is -2.07. The predicted molar refractivity (Wildman–Crippen MR) is 64.4 cm³/mol. The third-order valence-electron chi connectivity index (χ3n) is 2.57. The van der Waals surface area contributed by atoms with Gasteiger partial charge in [-0.3, -0.25) is 9.59 Å². The zero-order valence-electron chi connectivity index (χ0n) is 9.89. The standard InChI is InChI=1S/C13H15NO4/c15-12(14-10-4-5-10)8-18-11-3-1-2-9(6-11)7-13(16)17/h1-3,6,10H,4-5,7-8H2,(H,14,15)(H,16,17). The molecule has 1 aromatic rings. The zero-order chi connectivity index (χ0) is 13.0. The molecule has 18 heavy (non-hydrogen) atoms. The van der Waals surface area contributed by atoms with Crippen molar-refractivity contribution in [1.29, 1.82) is 0 Å². The molecule has 1 amide bonds. The Morgan fingerprint density at radius 1 is 1.39 bits per heavy atom. The molecule has 1 saturated carbocycles. The fraction of sp³-hybridized carbons (Fsp3) is 0.385. The molecule has 1 fully saturated rings. The maximum atomic E-state index is 11.4. The maximum absolute atomic E-state index is 11.4. The Morgan fingerprint density at radius 3 is 2.83 bits per heavy atom. The van der Waals surface area contributed by atoms with Crippen LogP contribution in [0.2, 0.25) is 0 Å². The summed E-state index contributed by atoms with van der Waals surface area (Å²) in [5, 5.41) is 11.5. The number of carbonyl (C=O) groups is 2. The average Bonchev–Trinajstić information content (AvgIpc) is 3.10. The molecular weight excluding hydrogens is 234 g/mol. The third kappa shape index (κ3) is 4.08. The summed E-state index contributed by atoms with van der Waals surface area (Å²) in [6.07, 6.45) is 2.03. The van der Waals surface area contributed by atoms with Gasteiger partial charge in [-0.1, -0.05) is 12.1 Å². The minimum absolute atomic E-state index is 0.0347. The Kier molecular flexibility index (Phi) is 3.82. The van der Waals surface area contributed by atoms with Gasteiger partial charge >= 0.3 is 5.97 Å². The predicted octanol–water partition coefficient (Wildman–Crippen LogP) is 0.971. The van der Waals surface area contributed by atoms with Gasteiger partial charge in [0.25, 0.3) is 5.91 Å². The fourth-order valence-electron chi connectivity index (χ4n) is 1.57. The van der Waals surface area contributed by atoms with Crippen molar-refractivity contribution >= 4 is 11.9 Å². The highest BCUT2D eigenvalue weighted by atomic mass is 16.5. The number of nitrogens with one attached hydrogen (secondary N) is 1. The van der Waals surface area contributed by atoms with E-state index in [-0.39, 0.29) is 18.9 Å². The molecule has 5 heteroatoms. The first-order valence-electron chi connectivity index (χ1n) is 5.86. The molecule has 0 atom stereocenters. The molecule has 5 nitrogen and oxygen atoms in total. The minimum atomic E-state index is -0.890. The second-order valence-corrected chi connectivity index (χ2v) is 4.35. The molecule has 0 radical (unpaired) electrons. The number of hydrogen-bond donors (Lipinski definition) is 2. The molecule has 2 rings (SSSR count). The molecule has 96 valence electrons. The molecular formula is C13H15NO4. The van der Waals surface area contributed by atoms with Crippen LogP contribution in [0.15, 0.2) is 24.3 Å². The van der Waals surface area contributed by atoms with Crippen molar-refractivity contribution < 1.29 is 19.4 Å². The van der Waals surface area contributed by atoms with Crippen LogP contribution in [0.4, 0.5) is 0 Å². The molecule has 0 saturated heterocycles. The van der Waals surface area contributed by atoms with E-state index in [1.165, 1.54) is 0 Å². The number of benzene rings is 1. The summed E-state index contributed by atoms with van der Waals surface area (Å²) in [5.74, 6) is -0.514. The monoisotopic (exact) mass is 249 g/mol. The number of hydrogen-bond acceptors (Lipinski definition) is 3. The van der Waals surface area contributed by atoms with E-state index in [0.29, 0.717) is 17.4 Å². The van der Waals surface area contributed by atoms with E-state index in [1.54, 1.807) is 24.3 Å². The summed E-state index contributed by atoms with van der Waals surface area (Å²) in [4.78, 5) is 22.0. The Bertz CT molecular complexity index is 454. The lowest BCUT2D eigenvalue weighted by Crippen LogP contribution is -2.30. The van der Waals surface area contributed by atoms with Crippen molar-refractivity contribution in [1.82, 2.24) is 5.32 Å². The average molecular weight is 249 g/mol. The van der Waals surface area contributed by atoms with Crippen LogP contribution in [0.1, 0.15) is 18.4 Å². The van der Waals surface area contributed by atoms with Gasteiger partial charge in [-0.25, -0.2) is 0 Å². The number of aliphatic carboxylic acids is 1. The largest absolute Gasteiger partial charge is 0.484 e. The first-order valence-corrected chi connectivity index (χ1v) is 5.86. The van der Waals surface area contributed by atoms with Crippen molar-refractivity contribution in [3.8, 4) is 5.75 Å². The van der Waals surface area contributed by atoms with Gasteiger partial charge in [-0.05, 0) is 30.5 Å². The molecule has 2 N–H and O–H groups in total. The van der Waals surface area contributed by atoms with Gasteiger partial charge in [0.05, 0.1) is 6.42 Å². The smallest absolute Gasteiger partial charge is 0.307 e. The Hall–Kier alpha value is -2.04. The van der Waals surface area contributed by atoms with E-state index in [9.17, 15) is 9.59 Å². The van der Waals surface area contributed by atoms with Crippen molar-refractivity contribution in [2.45, 2.75) is 25.3 Å². The lowest BCUT2D eigenvalue weighted by atomic mass is 10.1. The molecule has 0 unspecified atom stereocenters. The number of rotatable bonds is 6. The number of ether oxygens (including phenoxy) is 1. The molecule has 1 aliphatic carbocycles. The molecule has 0 aliphatic heterocycles. The minimum Gasteiger partial charge on any atom is -0.484 e. The van der Waals surface area contributed by atoms with Crippen LogP contribution < -0.4 is 10.1 Å². The van der Waals surface area contributed by atoms with Crippen LogP contribution in [0.25, 0.3) is 0 Å². The van der Waals surface area contributed by atoms with E-state index in [1.807, 2.05) is 0 Å². The SMILES string of the molecule is O=C(O)Cc1cccc(OCC(=O)NC2CC2)c1. The van der Waals surface area contributed by atoms with Crippen LogP contribution in [0, 0.1) is 0 Å². The van der Waals surface area contributed by atoms with Crippen LogP contribution in [-0.4, -0.2) is 29.6 Å². The molecule has 0 bridgehead atoms. The molecule has 0 heterocycles. The van der Waals surface area contributed by atoms with Gasteiger partial charge in [0, 0.05) is 6.04 Å². The normalized spacial score (nSPS) is 14.0. The van der Waals surface area contributed by atoms with E-state index in [0.717, 1.165) is 12.8 Å². The Balaban J connectivity index is 1.84. The molecule has 1 aliphatic rings. The highest BCUT2D eigenvalue weighted by Crippen LogP contribution is 2.18. The van der Waals surface area contributed by atoms with Gasteiger partial charge in [-0.15, -0.1) is 0 Å². The summed E-state index contributed by atoms with van der Waals surface area (Å²) in [6, 6.07) is 7.09. The quantitative estimate of drug-likeness (QED) is 0.787. The van der Waals surface area contributed by atoms with E-state index < -0.39 is 5.97 Å². The fourth-order valence-corrected chi connectivity index (χ4v) is 1.57. The lowest BCUT2D eigenvalue weighted by molar-refractivity contribution is -0.136. The highest BCUT2D eigenvalue weighted by Gasteiger charge is 2.23. The second kappa shape index (κ2) is 5.53. The van der Waals surface area contributed by atoms with E-state index in [2.05, 4.69) is 5.32 Å². The maximum Gasteiger partial charge on any atom is 0.307 e. The first-order chi connectivity index (χ1) is 8.63. The summed E-state index contributed by atoms with van der Waals surface area (Å²) < 4.78 is 5.31. The Morgan fingerprint density at radius 2 is 2.17 bits per heavy atom. The van der Waals surface area contributed by atoms with Crippen molar-refractivity contribution in [3.63, 3.8) is 0 Å². The van der Waals surface area contributed by atoms with Crippen molar-refractivity contribution in [2.24, 2.45) is 0 Å². The highest BCUT2D eigenvalue weighted by molar-refractivity contribution is 5.78. The third-order valence-corrected chi connectivity index (χ3v) is 2.57. The molecule has 0 spiro atoms. The summed E-state index contributed by atoms with van der Waals surface area (Å²) in [6.45, 7) is -0.0347. The van der Waals surface area contributed by atoms with Crippen LogP contribution in [0.3, 0.4) is 0 Å². The topological polar surface area (TPSA) is 75.6 Å². The number of carboxylic acids is 1. The van der Waals surface area contributed by atoms with Crippen LogP contribution in [0.5, 0.6) is 5.75 Å². The summed E-state index contributed by atoms with van der Waals surface area (Å²) in [7, 11) is 0. The van der Waals surface area contributed by atoms with E-state index >= 15 is 0 Å². The number of carboxylic acid groups (broad SMARTS) is 1. The number of carbonyl (C=O) groups excluding carboxylic acids is 1. The Labute approximate surface area is 105 Å². The summed E-state index contributed by atoms with van der Waals surface area (Å²) in [5.41, 5.74) is 0.655. The van der Waals surface area contributed by atoms with Crippen LogP contribution in [-0.2, 0) is 16.0 Å². The van der Waals surface area contributed by atoms with E-state index in [4.69, 9.17) is 9.84 Å². The van der Waals surface area contributed by atoms with Gasteiger partial charge in [0.1, 0.15) is 5.75 Å². The number of amides is 1.